The average Bonchev–Trinajstić information content (AvgIpc) is 2.59. The SMILES string of the molecule is CCOC1C[C@@H]2CN(CC)C1[C@@H]2N. The first-order valence-corrected chi connectivity index (χ1v) is 5.39. The molecule has 0 spiro atoms. The van der Waals surface area contributed by atoms with E-state index in [4.69, 9.17) is 10.5 Å². The van der Waals surface area contributed by atoms with Crippen LogP contribution in [0.15, 0.2) is 0 Å². The van der Waals surface area contributed by atoms with Gasteiger partial charge in [0.1, 0.15) is 0 Å². The number of fused-ring (bicyclic) bond motifs is 2. The van der Waals surface area contributed by atoms with Crippen molar-refractivity contribution in [2.24, 2.45) is 11.7 Å². The van der Waals surface area contributed by atoms with Crippen LogP contribution in [0.2, 0.25) is 0 Å². The molecule has 2 aliphatic rings. The number of nitrogens with zero attached hydrogens (tertiary/aromatic N) is 1. The van der Waals surface area contributed by atoms with Crippen LogP contribution in [0.3, 0.4) is 0 Å². The summed E-state index contributed by atoms with van der Waals surface area (Å²) in [6.07, 6.45) is 1.58. The third-order valence-electron chi connectivity index (χ3n) is 3.53. The number of piperidine rings is 1. The van der Waals surface area contributed by atoms with Crippen molar-refractivity contribution in [1.82, 2.24) is 4.90 Å². The van der Waals surface area contributed by atoms with E-state index in [2.05, 4.69) is 18.7 Å². The molecule has 1 heterocycles. The first kappa shape index (κ1) is 9.44. The number of hydrogen-bond donors (Lipinski definition) is 1. The van der Waals surface area contributed by atoms with Gasteiger partial charge in [0.2, 0.25) is 0 Å². The molecule has 76 valence electrons. The van der Waals surface area contributed by atoms with Crippen molar-refractivity contribution in [2.75, 3.05) is 19.7 Å². The predicted octanol–water partition coefficient (Wildman–Crippen LogP) is 0.443. The smallest absolute Gasteiger partial charge is 0.0748 e. The number of hydrogen-bond acceptors (Lipinski definition) is 3. The molecule has 4 atom stereocenters. The number of likely N-dealkylation sites (tertiary alicyclic amines) is 1. The second-order valence-electron chi connectivity index (χ2n) is 4.15. The van der Waals surface area contributed by atoms with Gasteiger partial charge in [0.15, 0.2) is 0 Å². The lowest BCUT2D eigenvalue weighted by molar-refractivity contribution is -0.00399. The minimum atomic E-state index is 0.358. The fourth-order valence-corrected chi connectivity index (χ4v) is 2.94. The van der Waals surface area contributed by atoms with E-state index < -0.39 is 0 Å². The van der Waals surface area contributed by atoms with Crippen molar-refractivity contribution in [3.63, 3.8) is 0 Å². The minimum absolute atomic E-state index is 0.358. The Bertz CT molecular complexity index is 186. The highest BCUT2D eigenvalue weighted by atomic mass is 16.5. The van der Waals surface area contributed by atoms with Crippen molar-refractivity contribution in [3.05, 3.63) is 0 Å². The molecule has 2 rings (SSSR count). The molecule has 13 heavy (non-hydrogen) atoms. The van der Waals surface area contributed by atoms with Crippen molar-refractivity contribution in [3.8, 4) is 0 Å². The van der Waals surface area contributed by atoms with Crippen molar-refractivity contribution < 1.29 is 4.74 Å². The molecule has 2 fully saturated rings. The molecule has 0 amide bonds. The van der Waals surface area contributed by atoms with Gasteiger partial charge >= 0.3 is 0 Å². The van der Waals surface area contributed by atoms with E-state index in [1.165, 1.54) is 13.0 Å². The van der Waals surface area contributed by atoms with E-state index in [0.29, 0.717) is 24.1 Å². The second kappa shape index (κ2) is 3.56. The molecule has 0 radical (unpaired) electrons. The number of ether oxygens (including phenoxy) is 1. The number of likely N-dealkylation sites (N-methyl/N-ethyl adjacent to an activating group) is 1. The van der Waals surface area contributed by atoms with E-state index in [1.54, 1.807) is 0 Å². The molecule has 0 aromatic rings. The summed E-state index contributed by atoms with van der Waals surface area (Å²) < 4.78 is 5.72. The maximum atomic E-state index is 6.15. The largest absolute Gasteiger partial charge is 0.377 e. The first-order chi connectivity index (χ1) is 6.27. The first-order valence-electron chi connectivity index (χ1n) is 5.39. The van der Waals surface area contributed by atoms with Crippen LogP contribution in [0.25, 0.3) is 0 Å². The Morgan fingerprint density at radius 3 is 2.77 bits per heavy atom. The van der Waals surface area contributed by atoms with Gasteiger partial charge in [-0.3, -0.25) is 4.90 Å². The van der Waals surface area contributed by atoms with Gasteiger partial charge in [0, 0.05) is 19.2 Å². The minimum Gasteiger partial charge on any atom is -0.377 e. The van der Waals surface area contributed by atoms with E-state index in [-0.39, 0.29) is 0 Å². The highest BCUT2D eigenvalue weighted by Gasteiger charge is 2.50. The fourth-order valence-electron chi connectivity index (χ4n) is 2.94. The van der Waals surface area contributed by atoms with Crippen LogP contribution < -0.4 is 5.73 Å². The van der Waals surface area contributed by atoms with Crippen molar-refractivity contribution in [1.29, 1.82) is 0 Å². The van der Waals surface area contributed by atoms with E-state index in [1.807, 2.05) is 0 Å². The Balaban J connectivity index is 2.04. The Hall–Kier alpha value is -0.120. The second-order valence-corrected chi connectivity index (χ2v) is 4.15. The van der Waals surface area contributed by atoms with Gasteiger partial charge in [0.25, 0.3) is 0 Å². The van der Waals surface area contributed by atoms with Gasteiger partial charge in [0.05, 0.1) is 12.1 Å². The molecule has 2 bridgehead atoms. The quantitative estimate of drug-likeness (QED) is 0.692. The van der Waals surface area contributed by atoms with Gasteiger partial charge in [-0.1, -0.05) is 6.92 Å². The Morgan fingerprint density at radius 2 is 2.23 bits per heavy atom. The summed E-state index contributed by atoms with van der Waals surface area (Å²) in [7, 11) is 0. The summed E-state index contributed by atoms with van der Waals surface area (Å²) in [6.45, 7) is 7.38. The van der Waals surface area contributed by atoms with Crippen LogP contribution in [0.4, 0.5) is 0 Å². The van der Waals surface area contributed by atoms with Crippen molar-refractivity contribution >= 4 is 0 Å². The van der Waals surface area contributed by atoms with Gasteiger partial charge < -0.3 is 10.5 Å². The summed E-state index contributed by atoms with van der Waals surface area (Å²) in [5.41, 5.74) is 6.15. The maximum absolute atomic E-state index is 6.15. The van der Waals surface area contributed by atoms with Crippen molar-refractivity contribution in [2.45, 2.75) is 38.5 Å². The van der Waals surface area contributed by atoms with Gasteiger partial charge in [-0.25, -0.2) is 0 Å². The zero-order valence-electron chi connectivity index (χ0n) is 8.57. The lowest BCUT2D eigenvalue weighted by atomic mass is 10.1. The predicted molar refractivity (Wildman–Crippen MR) is 52.5 cm³/mol. The van der Waals surface area contributed by atoms with E-state index in [9.17, 15) is 0 Å². The molecule has 1 aliphatic carbocycles. The highest BCUT2D eigenvalue weighted by Crippen LogP contribution is 2.38. The summed E-state index contributed by atoms with van der Waals surface area (Å²) in [5.74, 6) is 0.682. The standard InChI is InChI=1S/C10H20N2O/c1-3-12-6-7-5-8(13-4-2)10(12)9(7)11/h7-10H,3-6,11H2,1-2H3/t7-,8?,9-,10?/m1/s1. The molecule has 1 aliphatic heterocycles. The van der Waals surface area contributed by atoms with E-state index >= 15 is 0 Å². The van der Waals surface area contributed by atoms with Crippen LogP contribution >= 0.6 is 0 Å². The van der Waals surface area contributed by atoms with Gasteiger partial charge in [-0.2, -0.15) is 0 Å². The normalized spacial score (nSPS) is 44.5. The molecule has 0 aromatic carbocycles. The summed E-state index contributed by atoms with van der Waals surface area (Å²) in [5, 5.41) is 0. The summed E-state index contributed by atoms with van der Waals surface area (Å²) >= 11 is 0. The molecule has 2 unspecified atom stereocenters. The third kappa shape index (κ3) is 1.39. The molecular weight excluding hydrogens is 164 g/mol. The maximum Gasteiger partial charge on any atom is 0.0748 e. The molecule has 1 saturated heterocycles. The number of rotatable bonds is 3. The Morgan fingerprint density at radius 1 is 1.46 bits per heavy atom. The van der Waals surface area contributed by atoms with Gasteiger partial charge in [-0.05, 0) is 25.8 Å². The lowest BCUT2D eigenvalue weighted by Gasteiger charge is -2.32. The van der Waals surface area contributed by atoms with Crippen LogP contribution in [0, 0.1) is 5.92 Å². The Labute approximate surface area is 80.2 Å². The molecule has 0 aromatic heterocycles. The Kier molecular flexibility index (Phi) is 2.58. The van der Waals surface area contributed by atoms with Crippen LogP contribution in [-0.2, 0) is 4.74 Å². The molecular formula is C10H20N2O. The summed E-state index contributed by atoms with van der Waals surface area (Å²) in [6, 6.07) is 0.853. The number of nitrogens with two attached hydrogens (primary N) is 1. The zero-order chi connectivity index (χ0) is 9.42. The molecule has 1 saturated carbocycles. The van der Waals surface area contributed by atoms with Gasteiger partial charge in [-0.15, -0.1) is 0 Å². The molecule has 3 heteroatoms. The fraction of sp³-hybridized carbons (Fsp3) is 1.00. The molecule has 3 nitrogen and oxygen atoms in total. The zero-order valence-corrected chi connectivity index (χ0v) is 8.57. The lowest BCUT2D eigenvalue weighted by Crippen LogP contribution is -2.46. The van der Waals surface area contributed by atoms with Crippen LogP contribution in [0.5, 0.6) is 0 Å². The third-order valence-corrected chi connectivity index (χ3v) is 3.53. The van der Waals surface area contributed by atoms with E-state index in [0.717, 1.165) is 13.2 Å². The monoisotopic (exact) mass is 184 g/mol. The topological polar surface area (TPSA) is 38.5 Å². The van der Waals surface area contributed by atoms with Crippen LogP contribution in [-0.4, -0.2) is 42.8 Å². The summed E-state index contributed by atoms with van der Waals surface area (Å²) in [4.78, 5) is 2.47. The average molecular weight is 184 g/mol. The van der Waals surface area contributed by atoms with Crippen LogP contribution in [0.1, 0.15) is 20.3 Å². The highest BCUT2D eigenvalue weighted by molar-refractivity contribution is 5.07. The molecule has 2 N–H and O–H groups in total.